The van der Waals surface area contributed by atoms with Crippen molar-refractivity contribution in [3.63, 3.8) is 0 Å². The van der Waals surface area contributed by atoms with E-state index in [4.69, 9.17) is 0 Å². The van der Waals surface area contributed by atoms with Gasteiger partial charge in [0.25, 0.3) is 0 Å². The van der Waals surface area contributed by atoms with Crippen LogP contribution in [0.1, 0.15) is 72.3 Å². The molecule has 0 aromatic heterocycles. The molecule has 0 amide bonds. The predicted molar refractivity (Wildman–Crippen MR) is 215 cm³/mol. The van der Waals surface area contributed by atoms with E-state index in [0.29, 0.717) is 11.8 Å². The Hall–Kier alpha value is -5.08. The lowest BCUT2D eigenvalue weighted by molar-refractivity contribution is 0.350. The van der Waals surface area contributed by atoms with Gasteiger partial charge in [0.2, 0.25) is 0 Å². The van der Waals surface area contributed by atoms with Crippen molar-refractivity contribution < 1.29 is 0 Å². The Morgan fingerprint density at radius 2 is 0.904 bits per heavy atom. The molecule has 3 saturated carbocycles. The molecule has 5 aliphatic carbocycles. The van der Waals surface area contributed by atoms with Crippen LogP contribution in [-0.4, -0.2) is 0 Å². The highest BCUT2D eigenvalue weighted by Gasteiger charge is 2.62. The predicted octanol–water partition coefficient (Wildman–Crippen LogP) is 13.0. The summed E-state index contributed by atoms with van der Waals surface area (Å²) in [5, 5.41) is 0. The summed E-state index contributed by atoms with van der Waals surface area (Å²) in [5.41, 5.74) is 15.4. The molecule has 6 aromatic carbocycles. The first-order chi connectivity index (χ1) is 25.8. The molecule has 2 nitrogen and oxygen atoms in total. The summed E-state index contributed by atoms with van der Waals surface area (Å²) < 4.78 is 0. The standard InChI is InChI=1S/C50H46N2/c1-4-14-41(15-5-1)51(42-16-6-2-7-17-42)46-20-10-12-37-32-39-26-27-40-33-38-13-11-21-47(49(38)50(39,40)48(37)46)52(43-18-8-3-9-19-43)44-28-24-35(25-29-44)45-31-34-22-23-36(45)30-34/h1-21,24-25,28-29,34,36,39-40,45H,22-23,26-27,30-33H2. The van der Waals surface area contributed by atoms with E-state index in [9.17, 15) is 0 Å². The van der Waals surface area contributed by atoms with Crippen molar-refractivity contribution in [1.82, 2.24) is 0 Å². The topological polar surface area (TPSA) is 6.48 Å². The number of benzene rings is 6. The molecule has 52 heavy (non-hydrogen) atoms. The van der Waals surface area contributed by atoms with Gasteiger partial charge in [0.1, 0.15) is 0 Å². The SMILES string of the molecule is c1ccc(N(c2ccccc2)c2cccc3c2C24c5c(cccc5N(c5ccccc5)c5ccc(C6CC7CCC6C7)cc5)CC2CCC4C3)cc1. The van der Waals surface area contributed by atoms with E-state index < -0.39 is 0 Å². The maximum atomic E-state index is 2.60. The summed E-state index contributed by atoms with van der Waals surface area (Å²) in [5.74, 6) is 3.75. The Labute approximate surface area is 308 Å². The van der Waals surface area contributed by atoms with Crippen molar-refractivity contribution in [2.75, 3.05) is 9.80 Å². The minimum Gasteiger partial charge on any atom is -0.310 e. The van der Waals surface area contributed by atoms with Gasteiger partial charge in [-0.05, 0) is 163 Å². The number of para-hydroxylation sites is 3. The summed E-state index contributed by atoms with van der Waals surface area (Å²) >= 11 is 0. The van der Waals surface area contributed by atoms with E-state index in [0.717, 1.165) is 30.6 Å². The Morgan fingerprint density at radius 1 is 0.423 bits per heavy atom. The van der Waals surface area contributed by atoms with Crippen molar-refractivity contribution >= 4 is 34.1 Å². The third-order valence-corrected chi connectivity index (χ3v) is 14.0. The first-order valence-electron chi connectivity index (χ1n) is 19.9. The third-order valence-electron chi connectivity index (χ3n) is 14.0. The molecule has 3 fully saturated rings. The Morgan fingerprint density at radius 3 is 1.35 bits per heavy atom. The maximum Gasteiger partial charge on any atom is 0.0505 e. The molecular formula is C50H46N2. The van der Waals surface area contributed by atoms with Crippen LogP contribution in [0.5, 0.6) is 0 Å². The van der Waals surface area contributed by atoms with Gasteiger partial charge in [-0.1, -0.05) is 97.4 Å². The average molecular weight is 675 g/mol. The summed E-state index contributed by atoms with van der Waals surface area (Å²) in [6, 6.07) is 57.4. The van der Waals surface area contributed by atoms with Crippen LogP contribution in [0, 0.1) is 23.7 Å². The summed E-state index contributed by atoms with van der Waals surface area (Å²) in [6.45, 7) is 0. The van der Waals surface area contributed by atoms with Gasteiger partial charge in [-0.3, -0.25) is 0 Å². The zero-order chi connectivity index (χ0) is 34.2. The second-order valence-corrected chi connectivity index (χ2v) is 16.4. The highest BCUT2D eigenvalue weighted by Crippen LogP contribution is 2.68. The molecular weight excluding hydrogens is 629 g/mol. The number of anilines is 6. The zero-order valence-electron chi connectivity index (χ0n) is 29.9. The van der Waals surface area contributed by atoms with Gasteiger partial charge in [-0.25, -0.2) is 0 Å². The Bertz CT molecular complexity index is 2200. The van der Waals surface area contributed by atoms with Crippen LogP contribution >= 0.6 is 0 Å². The zero-order valence-corrected chi connectivity index (χ0v) is 29.9. The van der Waals surface area contributed by atoms with Crippen LogP contribution in [0.2, 0.25) is 0 Å². The lowest BCUT2D eigenvalue weighted by atomic mass is 9.68. The maximum absolute atomic E-state index is 2.60. The van der Waals surface area contributed by atoms with Gasteiger partial charge in [-0.15, -0.1) is 0 Å². The second-order valence-electron chi connectivity index (χ2n) is 16.4. The fourth-order valence-corrected chi connectivity index (χ4v) is 12.1. The van der Waals surface area contributed by atoms with E-state index >= 15 is 0 Å². The van der Waals surface area contributed by atoms with Gasteiger partial charge >= 0.3 is 0 Å². The van der Waals surface area contributed by atoms with Crippen LogP contribution in [0.3, 0.4) is 0 Å². The summed E-state index contributed by atoms with van der Waals surface area (Å²) in [6.07, 6.45) is 10.6. The first kappa shape index (κ1) is 30.5. The molecule has 1 spiro atoms. The number of fused-ring (bicyclic) bond motifs is 4. The Kier molecular flexibility index (Phi) is 7.04. The lowest BCUT2D eigenvalue weighted by Gasteiger charge is -2.40. The molecule has 6 aromatic rings. The number of rotatable bonds is 7. The third kappa shape index (κ3) is 4.49. The minimum absolute atomic E-state index is 0.0459. The molecule has 2 bridgehead atoms. The van der Waals surface area contributed by atoms with Gasteiger partial charge in [0.05, 0.1) is 11.4 Å². The highest BCUT2D eigenvalue weighted by atomic mass is 15.2. The first-order valence-corrected chi connectivity index (χ1v) is 19.9. The van der Waals surface area contributed by atoms with Crippen molar-refractivity contribution in [2.45, 2.75) is 62.7 Å². The van der Waals surface area contributed by atoms with E-state index in [1.54, 1.807) is 22.3 Å². The van der Waals surface area contributed by atoms with Gasteiger partial charge in [0, 0.05) is 28.2 Å². The molecule has 0 saturated heterocycles. The summed E-state index contributed by atoms with van der Waals surface area (Å²) in [7, 11) is 0. The van der Waals surface area contributed by atoms with Crippen molar-refractivity contribution in [3.05, 3.63) is 179 Å². The quantitative estimate of drug-likeness (QED) is 0.166. The number of hydrogen-bond donors (Lipinski definition) is 0. The van der Waals surface area contributed by atoms with Crippen LogP contribution in [0.15, 0.2) is 152 Å². The molecule has 0 heterocycles. The molecule has 0 radical (unpaired) electrons. The lowest BCUT2D eigenvalue weighted by Crippen LogP contribution is -2.34. The van der Waals surface area contributed by atoms with E-state index in [2.05, 4.69) is 161 Å². The molecule has 6 atom stereocenters. The van der Waals surface area contributed by atoms with E-state index in [-0.39, 0.29) is 5.41 Å². The smallest absolute Gasteiger partial charge is 0.0505 e. The van der Waals surface area contributed by atoms with E-state index in [1.165, 1.54) is 78.2 Å². The highest BCUT2D eigenvalue weighted by molar-refractivity contribution is 5.86. The van der Waals surface area contributed by atoms with Gasteiger partial charge in [-0.2, -0.15) is 0 Å². The molecule has 256 valence electrons. The van der Waals surface area contributed by atoms with Gasteiger partial charge in [0.15, 0.2) is 0 Å². The average Bonchev–Trinajstić information content (AvgIpc) is 4.03. The van der Waals surface area contributed by atoms with Gasteiger partial charge < -0.3 is 9.80 Å². The fraction of sp³-hybridized carbons (Fsp3) is 0.280. The molecule has 5 aliphatic rings. The van der Waals surface area contributed by atoms with E-state index in [1.807, 2.05) is 0 Å². The van der Waals surface area contributed by atoms with Crippen molar-refractivity contribution in [2.24, 2.45) is 23.7 Å². The Balaban J connectivity index is 1.11. The summed E-state index contributed by atoms with van der Waals surface area (Å²) in [4.78, 5) is 5.14. The normalized spacial score (nSPS) is 26.1. The van der Waals surface area contributed by atoms with Crippen LogP contribution in [0.25, 0.3) is 0 Å². The fourth-order valence-electron chi connectivity index (χ4n) is 12.1. The molecule has 11 rings (SSSR count). The monoisotopic (exact) mass is 674 g/mol. The molecule has 0 N–H and O–H groups in total. The number of hydrogen-bond acceptors (Lipinski definition) is 2. The minimum atomic E-state index is -0.0459. The molecule has 2 heteroatoms. The number of nitrogens with zero attached hydrogens (tertiary/aromatic N) is 2. The van der Waals surface area contributed by atoms with Crippen LogP contribution in [0.4, 0.5) is 34.1 Å². The van der Waals surface area contributed by atoms with Crippen molar-refractivity contribution in [3.8, 4) is 0 Å². The molecule has 6 unspecified atom stereocenters. The van der Waals surface area contributed by atoms with Crippen LogP contribution < -0.4 is 9.80 Å². The van der Waals surface area contributed by atoms with Crippen LogP contribution in [-0.2, 0) is 18.3 Å². The molecule has 0 aliphatic heterocycles. The second kappa shape index (κ2) is 12.0. The largest absolute Gasteiger partial charge is 0.310 e. The van der Waals surface area contributed by atoms with Crippen molar-refractivity contribution in [1.29, 1.82) is 0 Å².